The van der Waals surface area contributed by atoms with Crippen LogP contribution in [0.4, 0.5) is 24.5 Å². The third kappa shape index (κ3) is 4.01. The predicted molar refractivity (Wildman–Crippen MR) is 103 cm³/mol. The number of rotatable bonds is 4. The normalized spacial score (nSPS) is 14.8. The van der Waals surface area contributed by atoms with Gasteiger partial charge in [-0.1, -0.05) is 6.07 Å². The molecule has 3 aromatic rings. The number of ether oxygens (including phenoxy) is 1. The number of carbonyl (C=O) groups excluding carboxylic acids is 1. The van der Waals surface area contributed by atoms with Crippen molar-refractivity contribution in [3.05, 3.63) is 58.6 Å². The Balaban J connectivity index is 1.61. The molecule has 1 aliphatic heterocycles. The molecule has 11 heteroatoms. The van der Waals surface area contributed by atoms with Crippen LogP contribution in [0.1, 0.15) is 5.56 Å². The first-order valence-electron chi connectivity index (χ1n) is 9.21. The Kier molecular flexibility index (Phi) is 5.20. The summed E-state index contributed by atoms with van der Waals surface area (Å²) in [4.78, 5) is 26.7. The highest BCUT2D eigenvalue weighted by molar-refractivity contribution is 5.94. The second-order valence-corrected chi connectivity index (χ2v) is 6.75. The molecule has 0 aliphatic carbocycles. The van der Waals surface area contributed by atoms with E-state index in [-0.39, 0.29) is 5.69 Å². The number of hydrogen-bond acceptors (Lipinski definition) is 5. The monoisotopic (exact) mass is 421 g/mol. The summed E-state index contributed by atoms with van der Waals surface area (Å²) in [6, 6.07) is 8.17. The minimum atomic E-state index is -4.55. The average Bonchev–Trinajstić information content (AvgIpc) is 3.03. The molecule has 4 rings (SSSR count). The van der Waals surface area contributed by atoms with E-state index in [1.807, 2.05) is 4.90 Å². The Morgan fingerprint density at radius 1 is 1.17 bits per heavy atom. The molecule has 30 heavy (non-hydrogen) atoms. The number of alkyl halides is 3. The van der Waals surface area contributed by atoms with Gasteiger partial charge in [0.2, 0.25) is 5.91 Å². The number of halogens is 3. The molecule has 8 nitrogen and oxygen atoms in total. The van der Waals surface area contributed by atoms with Crippen LogP contribution >= 0.6 is 0 Å². The second-order valence-electron chi connectivity index (χ2n) is 6.75. The molecule has 2 aromatic heterocycles. The van der Waals surface area contributed by atoms with Crippen molar-refractivity contribution in [1.29, 1.82) is 0 Å². The average molecular weight is 421 g/mol. The Morgan fingerprint density at radius 3 is 2.63 bits per heavy atom. The number of hydrogen-bond donors (Lipinski definition) is 1. The first kappa shape index (κ1) is 20.0. The van der Waals surface area contributed by atoms with Gasteiger partial charge in [0.15, 0.2) is 5.65 Å². The Bertz CT molecular complexity index is 1130. The summed E-state index contributed by atoms with van der Waals surface area (Å²) in [5.41, 5.74) is -0.545. The lowest BCUT2D eigenvalue weighted by Gasteiger charge is -2.31. The van der Waals surface area contributed by atoms with E-state index >= 15 is 0 Å². The topological polar surface area (TPSA) is 80.9 Å². The molecule has 1 aliphatic rings. The molecule has 0 bridgehead atoms. The van der Waals surface area contributed by atoms with Crippen molar-refractivity contribution in [2.24, 2.45) is 0 Å². The summed E-state index contributed by atoms with van der Waals surface area (Å²) in [6.45, 7) is 1.41. The van der Waals surface area contributed by atoms with E-state index < -0.39 is 29.9 Å². The fraction of sp³-hybridized carbons (Fsp3) is 0.316. The van der Waals surface area contributed by atoms with Gasteiger partial charge in [-0.2, -0.15) is 13.2 Å². The number of benzene rings is 1. The van der Waals surface area contributed by atoms with Crippen LogP contribution in [0.25, 0.3) is 5.65 Å². The molecule has 1 amide bonds. The van der Waals surface area contributed by atoms with Crippen LogP contribution in [-0.4, -0.2) is 46.4 Å². The van der Waals surface area contributed by atoms with Crippen LogP contribution in [0.2, 0.25) is 0 Å². The molecular formula is C19H18F3N5O3. The van der Waals surface area contributed by atoms with E-state index in [9.17, 15) is 22.8 Å². The van der Waals surface area contributed by atoms with Gasteiger partial charge in [-0.25, -0.2) is 9.48 Å². The Morgan fingerprint density at radius 2 is 1.93 bits per heavy atom. The Hall–Kier alpha value is -3.34. The van der Waals surface area contributed by atoms with Crippen molar-refractivity contribution in [2.75, 3.05) is 36.5 Å². The molecule has 3 heterocycles. The van der Waals surface area contributed by atoms with E-state index in [4.69, 9.17) is 4.74 Å². The number of nitrogens with one attached hydrogen (secondary N) is 1. The summed E-state index contributed by atoms with van der Waals surface area (Å²) in [7, 11) is 0. The highest BCUT2D eigenvalue weighted by Crippen LogP contribution is 2.35. The zero-order chi connectivity index (χ0) is 21.3. The minimum Gasteiger partial charge on any atom is -0.378 e. The molecule has 0 atom stereocenters. The number of nitrogens with zero attached hydrogens (tertiary/aromatic N) is 4. The number of carbonyl (C=O) groups is 1. The second kappa shape index (κ2) is 7.82. The van der Waals surface area contributed by atoms with Gasteiger partial charge in [0, 0.05) is 19.3 Å². The molecule has 0 unspecified atom stereocenters. The Labute approximate surface area is 168 Å². The standard InChI is InChI=1S/C19H18F3N5O3/c20-19(21,22)13-4-5-15(25-7-9-30-10-8-25)14(11-13)23-17(28)12-27-18(29)26-6-2-1-3-16(26)24-27/h1-6,11H,7-10,12H2,(H,23,28). The van der Waals surface area contributed by atoms with Crippen molar-refractivity contribution in [1.82, 2.24) is 14.2 Å². The molecule has 0 saturated carbocycles. The fourth-order valence-electron chi connectivity index (χ4n) is 3.29. The van der Waals surface area contributed by atoms with Gasteiger partial charge < -0.3 is 15.0 Å². The number of anilines is 2. The van der Waals surface area contributed by atoms with Crippen LogP contribution in [0.3, 0.4) is 0 Å². The molecular weight excluding hydrogens is 403 g/mol. The largest absolute Gasteiger partial charge is 0.416 e. The predicted octanol–water partition coefficient (Wildman–Crippen LogP) is 1.99. The highest BCUT2D eigenvalue weighted by atomic mass is 19.4. The number of aromatic nitrogens is 3. The van der Waals surface area contributed by atoms with Gasteiger partial charge in [-0.3, -0.25) is 9.20 Å². The van der Waals surface area contributed by atoms with Crippen molar-refractivity contribution in [3.8, 4) is 0 Å². The maximum atomic E-state index is 13.2. The van der Waals surface area contributed by atoms with Gasteiger partial charge in [0.05, 0.1) is 30.2 Å². The van der Waals surface area contributed by atoms with Crippen molar-refractivity contribution < 1.29 is 22.7 Å². The van der Waals surface area contributed by atoms with Crippen LogP contribution in [-0.2, 0) is 22.3 Å². The smallest absolute Gasteiger partial charge is 0.378 e. The van der Waals surface area contributed by atoms with Gasteiger partial charge in [-0.15, -0.1) is 5.10 Å². The van der Waals surface area contributed by atoms with E-state index in [0.717, 1.165) is 16.8 Å². The number of morpholine rings is 1. The minimum absolute atomic E-state index is 0.0218. The molecule has 1 aromatic carbocycles. The van der Waals surface area contributed by atoms with Crippen LogP contribution < -0.4 is 15.9 Å². The summed E-state index contributed by atoms with van der Waals surface area (Å²) in [5.74, 6) is -0.658. The highest BCUT2D eigenvalue weighted by Gasteiger charge is 2.32. The molecule has 158 valence electrons. The van der Waals surface area contributed by atoms with Crippen LogP contribution in [0, 0.1) is 0 Å². The third-order valence-corrected chi connectivity index (χ3v) is 4.73. The number of fused-ring (bicyclic) bond motifs is 1. The van der Waals surface area contributed by atoms with E-state index in [0.29, 0.717) is 37.6 Å². The van der Waals surface area contributed by atoms with E-state index in [1.54, 1.807) is 18.2 Å². The van der Waals surface area contributed by atoms with E-state index in [2.05, 4.69) is 10.4 Å². The lowest BCUT2D eigenvalue weighted by molar-refractivity contribution is -0.137. The molecule has 0 spiro atoms. The van der Waals surface area contributed by atoms with Gasteiger partial charge in [0.1, 0.15) is 6.54 Å². The number of pyridine rings is 1. The zero-order valence-corrected chi connectivity index (χ0v) is 15.7. The molecule has 1 fully saturated rings. The lowest BCUT2D eigenvalue weighted by Crippen LogP contribution is -2.37. The fourth-order valence-corrected chi connectivity index (χ4v) is 3.29. The lowest BCUT2D eigenvalue weighted by atomic mass is 10.1. The maximum absolute atomic E-state index is 13.2. The molecule has 1 N–H and O–H groups in total. The molecule has 0 radical (unpaired) electrons. The van der Waals surface area contributed by atoms with Crippen molar-refractivity contribution >= 4 is 22.9 Å². The number of amides is 1. The summed E-state index contributed by atoms with van der Waals surface area (Å²) in [6.07, 6.45) is -3.04. The maximum Gasteiger partial charge on any atom is 0.416 e. The first-order chi connectivity index (χ1) is 14.3. The molecule has 1 saturated heterocycles. The quantitative estimate of drug-likeness (QED) is 0.697. The van der Waals surface area contributed by atoms with E-state index in [1.165, 1.54) is 16.7 Å². The third-order valence-electron chi connectivity index (χ3n) is 4.73. The first-order valence-corrected chi connectivity index (χ1v) is 9.21. The van der Waals surface area contributed by atoms with Crippen molar-refractivity contribution in [3.63, 3.8) is 0 Å². The van der Waals surface area contributed by atoms with Gasteiger partial charge in [0.25, 0.3) is 0 Å². The summed E-state index contributed by atoms with van der Waals surface area (Å²) < 4.78 is 47.1. The SMILES string of the molecule is O=C(Cn1nc2ccccn2c1=O)Nc1cc(C(F)(F)F)ccc1N1CCOCC1. The van der Waals surface area contributed by atoms with Crippen LogP contribution in [0.5, 0.6) is 0 Å². The zero-order valence-electron chi connectivity index (χ0n) is 15.7. The van der Waals surface area contributed by atoms with Gasteiger partial charge in [-0.05, 0) is 30.3 Å². The van der Waals surface area contributed by atoms with Crippen molar-refractivity contribution in [2.45, 2.75) is 12.7 Å². The summed E-state index contributed by atoms with van der Waals surface area (Å²) in [5, 5.41) is 6.57. The van der Waals surface area contributed by atoms with Crippen LogP contribution in [0.15, 0.2) is 47.4 Å². The van der Waals surface area contributed by atoms with Gasteiger partial charge >= 0.3 is 11.9 Å². The summed E-state index contributed by atoms with van der Waals surface area (Å²) >= 11 is 0.